The number of aryl methyl sites for hydroxylation is 1. The fourth-order valence-corrected chi connectivity index (χ4v) is 2.61. The molecule has 5 nitrogen and oxygen atoms in total. The normalized spacial score (nSPS) is 20.7. The van der Waals surface area contributed by atoms with Gasteiger partial charge < -0.3 is 18.8 Å². The van der Waals surface area contributed by atoms with E-state index in [4.69, 9.17) is 13.9 Å². The number of hydrogen-bond donors (Lipinski definition) is 0. The smallest absolute Gasteiger partial charge is 0.410 e. The Morgan fingerprint density at radius 3 is 3.05 bits per heavy atom. The van der Waals surface area contributed by atoms with Crippen molar-refractivity contribution in [1.29, 1.82) is 0 Å². The molecule has 0 bridgehead atoms. The maximum atomic E-state index is 12.2. The van der Waals surface area contributed by atoms with Crippen LogP contribution in [0.5, 0.6) is 0 Å². The molecule has 19 heavy (non-hydrogen) atoms. The molecule has 104 valence electrons. The number of ether oxygens (including phenoxy) is 2. The molecule has 0 aliphatic carbocycles. The standard InChI is InChI=1S/C14H19NO4/c16-14(19-12-4-7-17-8-5-12)15-6-1-2-13-11(10-15)3-9-18-13/h3,9,12H,1-2,4-8,10H2. The summed E-state index contributed by atoms with van der Waals surface area (Å²) in [5.41, 5.74) is 1.10. The second kappa shape index (κ2) is 5.65. The van der Waals surface area contributed by atoms with Crippen LogP contribution in [0.25, 0.3) is 0 Å². The summed E-state index contributed by atoms with van der Waals surface area (Å²) in [4.78, 5) is 14.0. The maximum absolute atomic E-state index is 12.2. The molecular formula is C14H19NO4. The Morgan fingerprint density at radius 2 is 2.21 bits per heavy atom. The van der Waals surface area contributed by atoms with Crippen molar-refractivity contribution in [2.24, 2.45) is 0 Å². The average molecular weight is 265 g/mol. The number of fused-ring (bicyclic) bond motifs is 1. The van der Waals surface area contributed by atoms with Gasteiger partial charge in [-0.1, -0.05) is 0 Å². The highest BCUT2D eigenvalue weighted by Gasteiger charge is 2.25. The van der Waals surface area contributed by atoms with Gasteiger partial charge in [0.25, 0.3) is 0 Å². The van der Waals surface area contributed by atoms with Crippen LogP contribution in [-0.2, 0) is 22.4 Å². The summed E-state index contributed by atoms with van der Waals surface area (Å²) in [6.45, 7) is 2.69. The van der Waals surface area contributed by atoms with E-state index in [1.54, 1.807) is 11.2 Å². The first-order chi connectivity index (χ1) is 9.33. The molecule has 5 heteroatoms. The van der Waals surface area contributed by atoms with Crippen LogP contribution in [0.15, 0.2) is 16.7 Å². The second-order valence-corrected chi connectivity index (χ2v) is 5.09. The quantitative estimate of drug-likeness (QED) is 0.782. The number of carbonyl (C=O) groups is 1. The van der Waals surface area contributed by atoms with Crippen molar-refractivity contribution in [3.8, 4) is 0 Å². The van der Waals surface area contributed by atoms with E-state index < -0.39 is 0 Å². The molecule has 3 heterocycles. The van der Waals surface area contributed by atoms with Gasteiger partial charge in [-0.25, -0.2) is 4.79 Å². The van der Waals surface area contributed by atoms with E-state index in [0.29, 0.717) is 19.8 Å². The first-order valence-electron chi connectivity index (χ1n) is 6.91. The molecule has 0 aromatic carbocycles. The lowest BCUT2D eigenvalue weighted by Crippen LogP contribution is -2.36. The highest BCUT2D eigenvalue weighted by atomic mass is 16.6. The Balaban J connectivity index is 1.60. The molecule has 1 aromatic rings. The number of hydrogen-bond acceptors (Lipinski definition) is 4. The lowest BCUT2D eigenvalue weighted by molar-refractivity contribution is -0.0108. The summed E-state index contributed by atoms with van der Waals surface area (Å²) in [7, 11) is 0. The molecule has 0 N–H and O–H groups in total. The second-order valence-electron chi connectivity index (χ2n) is 5.09. The van der Waals surface area contributed by atoms with Crippen LogP contribution in [0.4, 0.5) is 4.79 Å². The lowest BCUT2D eigenvalue weighted by atomic mass is 10.2. The van der Waals surface area contributed by atoms with E-state index in [0.717, 1.165) is 43.6 Å². The molecule has 0 saturated carbocycles. The Hall–Kier alpha value is -1.49. The average Bonchev–Trinajstić information content (AvgIpc) is 2.77. The minimum absolute atomic E-state index is 0.00771. The molecule has 1 fully saturated rings. The predicted molar refractivity (Wildman–Crippen MR) is 67.8 cm³/mol. The van der Waals surface area contributed by atoms with E-state index in [9.17, 15) is 4.79 Å². The van der Waals surface area contributed by atoms with Crippen molar-refractivity contribution >= 4 is 6.09 Å². The Bertz CT molecular complexity index is 436. The first kappa shape index (κ1) is 12.5. The fraction of sp³-hybridized carbons (Fsp3) is 0.643. The monoisotopic (exact) mass is 265 g/mol. The van der Waals surface area contributed by atoms with Gasteiger partial charge in [0.05, 0.1) is 26.0 Å². The summed E-state index contributed by atoms with van der Waals surface area (Å²) in [5, 5.41) is 0. The molecule has 0 atom stereocenters. The number of furan rings is 1. The zero-order valence-electron chi connectivity index (χ0n) is 11.0. The summed E-state index contributed by atoms with van der Waals surface area (Å²) in [6, 6.07) is 1.94. The van der Waals surface area contributed by atoms with Gasteiger partial charge in [0, 0.05) is 31.4 Å². The third-order valence-corrected chi connectivity index (χ3v) is 3.72. The van der Waals surface area contributed by atoms with Crippen molar-refractivity contribution < 1.29 is 18.7 Å². The van der Waals surface area contributed by atoms with Gasteiger partial charge in [-0.2, -0.15) is 0 Å². The van der Waals surface area contributed by atoms with Gasteiger partial charge in [0.2, 0.25) is 0 Å². The predicted octanol–water partition coefficient (Wildman–Crippen LogP) is 2.34. The van der Waals surface area contributed by atoms with Crippen molar-refractivity contribution in [2.45, 2.75) is 38.3 Å². The molecule has 0 radical (unpaired) electrons. The number of rotatable bonds is 1. The van der Waals surface area contributed by atoms with E-state index in [1.165, 1.54) is 0 Å². The minimum Gasteiger partial charge on any atom is -0.469 e. The van der Waals surface area contributed by atoms with E-state index >= 15 is 0 Å². The number of nitrogens with zero attached hydrogens (tertiary/aromatic N) is 1. The van der Waals surface area contributed by atoms with Gasteiger partial charge in [-0.05, 0) is 12.5 Å². The van der Waals surface area contributed by atoms with Crippen LogP contribution in [0.1, 0.15) is 30.6 Å². The summed E-state index contributed by atoms with van der Waals surface area (Å²) >= 11 is 0. The SMILES string of the molecule is O=C(OC1CCOCC1)N1CCCc2occc2C1. The van der Waals surface area contributed by atoms with Gasteiger partial charge in [-0.15, -0.1) is 0 Å². The van der Waals surface area contributed by atoms with Crippen LogP contribution >= 0.6 is 0 Å². The first-order valence-corrected chi connectivity index (χ1v) is 6.91. The molecule has 2 aliphatic heterocycles. The van der Waals surface area contributed by atoms with Gasteiger partial charge in [0.15, 0.2) is 0 Å². The fourth-order valence-electron chi connectivity index (χ4n) is 2.61. The number of carbonyl (C=O) groups excluding carboxylic acids is 1. The molecule has 1 amide bonds. The van der Waals surface area contributed by atoms with E-state index in [1.807, 2.05) is 6.07 Å². The van der Waals surface area contributed by atoms with Crippen LogP contribution in [-0.4, -0.2) is 36.9 Å². The third kappa shape index (κ3) is 2.92. The summed E-state index contributed by atoms with van der Waals surface area (Å²) in [6.07, 6.45) is 4.91. The van der Waals surface area contributed by atoms with Gasteiger partial charge in [0.1, 0.15) is 11.9 Å². The van der Waals surface area contributed by atoms with Crippen LogP contribution < -0.4 is 0 Å². The van der Waals surface area contributed by atoms with Crippen molar-refractivity contribution in [3.05, 3.63) is 23.7 Å². The topological polar surface area (TPSA) is 51.9 Å². The summed E-state index contributed by atoms with van der Waals surface area (Å²) < 4.78 is 16.2. The van der Waals surface area contributed by atoms with Crippen LogP contribution in [0.2, 0.25) is 0 Å². The van der Waals surface area contributed by atoms with Crippen molar-refractivity contribution in [1.82, 2.24) is 4.90 Å². The molecule has 0 unspecified atom stereocenters. The molecule has 0 spiro atoms. The largest absolute Gasteiger partial charge is 0.469 e. The highest BCUT2D eigenvalue weighted by Crippen LogP contribution is 2.21. The Kier molecular flexibility index (Phi) is 3.73. The Morgan fingerprint density at radius 1 is 1.37 bits per heavy atom. The molecular weight excluding hydrogens is 246 g/mol. The third-order valence-electron chi connectivity index (χ3n) is 3.72. The maximum Gasteiger partial charge on any atom is 0.410 e. The Labute approximate surface area is 112 Å². The molecule has 1 saturated heterocycles. The highest BCUT2D eigenvalue weighted by molar-refractivity contribution is 5.68. The lowest BCUT2D eigenvalue weighted by Gasteiger charge is -2.26. The molecule has 1 aromatic heterocycles. The minimum atomic E-state index is -0.207. The van der Waals surface area contributed by atoms with Crippen molar-refractivity contribution in [2.75, 3.05) is 19.8 Å². The van der Waals surface area contributed by atoms with Crippen molar-refractivity contribution in [3.63, 3.8) is 0 Å². The zero-order chi connectivity index (χ0) is 13.1. The van der Waals surface area contributed by atoms with E-state index in [2.05, 4.69) is 0 Å². The van der Waals surface area contributed by atoms with Gasteiger partial charge in [-0.3, -0.25) is 0 Å². The van der Waals surface area contributed by atoms with Crippen LogP contribution in [0.3, 0.4) is 0 Å². The van der Waals surface area contributed by atoms with E-state index in [-0.39, 0.29) is 12.2 Å². The van der Waals surface area contributed by atoms with Gasteiger partial charge >= 0.3 is 6.09 Å². The zero-order valence-corrected chi connectivity index (χ0v) is 11.0. The molecule has 3 rings (SSSR count). The van der Waals surface area contributed by atoms with Crippen LogP contribution in [0, 0.1) is 0 Å². The summed E-state index contributed by atoms with van der Waals surface area (Å²) in [5.74, 6) is 1.00. The molecule has 2 aliphatic rings. The number of amides is 1.